The molecule has 0 radical (unpaired) electrons. The van der Waals surface area contributed by atoms with Crippen molar-refractivity contribution in [3.05, 3.63) is 59.0 Å². The molecule has 3 rings (SSSR count). The van der Waals surface area contributed by atoms with E-state index in [9.17, 15) is 13.6 Å². The van der Waals surface area contributed by atoms with Crippen LogP contribution in [-0.4, -0.2) is 25.7 Å². The zero-order valence-corrected chi connectivity index (χ0v) is 14.1. The van der Waals surface area contributed by atoms with E-state index >= 15 is 0 Å². The lowest BCUT2D eigenvalue weighted by atomic mass is 10.3. The molecule has 2 heterocycles. The summed E-state index contributed by atoms with van der Waals surface area (Å²) >= 11 is 5.83. The van der Waals surface area contributed by atoms with Gasteiger partial charge in [0, 0.05) is 19.2 Å². The molecule has 0 aliphatic rings. The number of rotatable bonds is 5. The first-order valence-electron chi connectivity index (χ1n) is 7.27. The zero-order chi connectivity index (χ0) is 18.7. The van der Waals surface area contributed by atoms with Gasteiger partial charge >= 0.3 is 5.97 Å². The average Bonchev–Trinajstić information content (AvgIpc) is 2.99. The van der Waals surface area contributed by atoms with Gasteiger partial charge in [-0.1, -0.05) is 11.6 Å². The number of carbonyl (C=O) groups excluding carboxylic acids is 1. The summed E-state index contributed by atoms with van der Waals surface area (Å²) in [5.74, 6) is -1.93. The number of aromatic nitrogens is 4. The summed E-state index contributed by atoms with van der Waals surface area (Å²) in [6.07, 6.45) is 1.39. The van der Waals surface area contributed by atoms with E-state index in [2.05, 4.69) is 20.0 Å². The van der Waals surface area contributed by atoms with Gasteiger partial charge in [-0.3, -0.25) is 9.87 Å². The van der Waals surface area contributed by atoms with Crippen molar-refractivity contribution in [3.8, 4) is 17.2 Å². The lowest BCUT2D eigenvalue weighted by Gasteiger charge is -2.06. The molecule has 0 amide bonds. The maximum atomic E-state index is 14.2. The lowest BCUT2D eigenvalue weighted by molar-refractivity contribution is -0.278. The monoisotopic (exact) mass is 380 g/mol. The predicted octanol–water partition coefficient (Wildman–Crippen LogP) is 3.26. The molecule has 1 aromatic carbocycles. The van der Waals surface area contributed by atoms with Gasteiger partial charge < -0.3 is 0 Å². The van der Waals surface area contributed by atoms with Crippen molar-refractivity contribution >= 4 is 17.6 Å². The Bertz CT molecular complexity index is 947. The van der Waals surface area contributed by atoms with Crippen molar-refractivity contribution in [2.24, 2.45) is 0 Å². The van der Waals surface area contributed by atoms with E-state index in [0.29, 0.717) is 10.7 Å². The van der Waals surface area contributed by atoms with Crippen LogP contribution in [0.5, 0.6) is 0 Å². The fraction of sp³-hybridized carbons (Fsp3) is 0.125. The molecule has 0 bridgehead atoms. The minimum absolute atomic E-state index is 0.0376. The van der Waals surface area contributed by atoms with Crippen LogP contribution in [0.1, 0.15) is 12.7 Å². The van der Waals surface area contributed by atoms with Gasteiger partial charge in [0.05, 0.1) is 5.02 Å². The predicted molar refractivity (Wildman–Crippen MR) is 86.1 cm³/mol. The number of nitrogens with zero attached hydrogens (tertiary/aromatic N) is 4. The zero-order valence-electron chi connectivity index (χ0n) is 13.3. The Hall–Kier alpha value is -2.91. The van der Waals surface area contributed by atoms with Gasteiger partial charge in [0.15, 0.2) is 24.1 Å². The summed E-state index contributed by atoms with van der Waals surface area (Å²) < 4.78 is 28.5. The molecular formula is C16H11ClF2N4O3. The topological polar surface area (TPSA) is 79.1 Å². The fourth-order valence-electron chi connectivity index (χ4n) is 2.08. The summed E-state index contributed by atoms with van der Waals surface area (Å²) in [6.45, 7) is 0.902. The summed E-state index contributed by atoms with van der Waals surface area (Å²) in [5.41, 5.74) is 0.314. The Morgan fingerprint density at radius 2 is 2.08 bits per heavy atom. The Morgan fingerprint density at radius 3 is 2.73 bits per heavy atom. The van der Waals surface area contributed by atoms with Crippen LogP contribution in [0.15, 0.2) is 36.5 Å². The molecular weight excluding hydrogens is 370 g/mol. The molecule has 134 valence electrons. The molecule has 0 fully saturated rings. The molecule has 0 saturated carbocycles. The maximum Gasteiger partial charge on any atom is 0.339 e. The first-order chi connectivity index (χ1) is 12.4. The largest absolute Gasteiger partial charge is 0.339 e. The van der Waals surface area contributed by atoms with Gasteiger partial charge in [-0.15, -0.1) is 5.10 Å². The van der Waals surface area contributed by atoms with Crippen LogP contribution in [-0.2, 0) is 21.2 Å². The number of carbonyl (C=O) groups is 1. The van der Waals surface area contributed by atoms with Crippen LogP contribution >= 0.6 is 11.6 Å². The lowest BCUT2D eigenvalue weighted by Crippen LogP contribution is -2.05. The molecule has 0 unspecified atom stereocenters. The molecule has 7 nitrogen and oxygen atoms in total. The highest BCUT2D eigenvalue weighted by atomic mass is 35.5. The Morgan fingerprint density at radius 1 is 1.27 bits per heavy atom. The highest BCUT2D eigenvalue weighted by Crippen LogP contribution is 2.23. The molecule has 2 aromatic heterocycles. The van der Waals surface area contributed by atoms with Crippen molar-refractivity contribution < 1.29 is 23.4 Å². The van der Waals surface area contributed by atoms with Gasteiger partial charge in [-0.05, 0) is 24.3 Å². The van der Waals surface area contributed by atoms with Gasteiger partial charge in [-0.2, -0.15) is 4.89 Å². The van der Waals surface area contributed by atoms with Crippen molar-refractivity contribution in [3.63, 3.8) is 0 Å². The van der Waals surface area contributed by atoms with Gasteiger partial charge in [0.1, 0.15) is 17.2 Å². The van der Waals surface area contributed by atoms with Crippen LogP contribution in [0.25, 0.3) is 17.2 Å². The number of halogens is 3. The van der Waals surface area contributed by atoms with Crippen molar-refractivity contribution in [2.45, 2.75) is 13.5 Å². The first-order valence-corrected chi connectivity index (χ1v) is 7.65. The number of benzene rings is 1. The van der Waals surface area contributed by atoms with E-state index in [1.165, 1.54) is 19.2 Å². The van der Waals surface area contributed by atoms with Crippen molar-refractivity contribution in [1.82, 2.24) is 19.7 Å². The minimum Gasteiger partial charge on any atom is -0.298 e. The van der Waals surface area contributed by atoms with E-state index in [1.807, 2.05) is 0 Å². The maximum absolute atomic E-state index is 14.2. The van der Waals surface area contributed by atoms with Crippen LogP contribution in [0.3, 0.4) is 0 Å². The molecule has 0 saturated heterocycles. The second kappa shape index (κ2) is 7.54. The number of hydrogen-bond donors (Lipinski definition) is 0. The second-order valence-electron chi connectivity index (χ2n) is 5.06. The Labute approximate surface area is 151 Å². The molecule has 3 aromatic rings. The highest BCUT2D eigenvalue weighted by Gasteiger charge is 2.18. The van der Waals surface area contributed by atoms with E-state index < -0.39 is 17.6 Å². The van der Waals surface area contributed by atoms with Crippen LogP contribution < -0.4 is 0 Å². The van der Waals surface area contributed by atoms with Gasteiger partial charge in [-0.25, -0.2) is 23.2 Å². The van der Waals surface area contributed by atoms with E-state index in [0.717, 1.165) is 16.8 Å². The van der Waals surface area contributed by atoms with E-state index in [-0.39, 0.29) is 23.9 Å². The Balaban J connectivity index is 2.03. The minimum atomic E-state index is -0.836. The van der Waals surface area contributed by atoms with E-state index in [4.69, 9.17) is 16.5 Å². The average molecular weight is 381 g/mol. The smallest absolute Gasteiger partial charge is 0.298 e. The normalized spacial score (nSPS) is 10.8. The Kier molecular flexibility index (Phi) is 5.19. The molecule has 0 aliphatic carbocycles. The van der Waals surface area contributed by atoms with Crippen LogP contribution in [0.4, 0.5) is 8.78 Å². The quantitative estimate of drug-likeness (QED) is 0.499. The molecule has 0 atom stereocenters. The molecule has 26 heavy (non-hydrogen) atoms. The third kappa shape index (κ3) is 4.01. The van der Waals surface area contributed by atoms with E-state index in [1.54, 1.807) is 12.1 Å². The molecule has 0 N–H and O–H groups in total. The first kappa shape index (κ1) is 17.9. The standard InChI is InChI=1S/C16H11ClF2N4O3/c1-9(24)26-25-8-15-21-16(13-4-2-10(17)7-20-13)23(22-15)14-5-3-11(18)6-12(14)19/h2-7H,8H2,1H3. The number of hydrogen-bond acceptors (Lipinski definition) is 6. The summed E-state index contributed by atoms with van der Waals surface area (Å²) in [6, 6.07) is 6.19. The van der Waals surface area contributed by atoms with Gasteiger partial charge in [0.2, 0.25) is 0 Å². The summed E-state index contributed by atoms with van der Waals surface area (Å²) in [5, 5.41) is 4.53. The summed E-state index contributed by atoms with van der Waals surface area (Å²) in [4.78, 5) is 28.2. The third-order valence-corrected chi connectivity index (χ3v) is 3.33. The molecule has 0 spiro atoms. The molecule has 0 aliphatic heterocycles. The van der Waals surface area contributed by atoms with Crippen molar-refractivity contribution in [1.29, 1.82) is 0 Å². The number of pyridine rings is 1. The van der Waals surface area contributed by atoms with Crippen LogP contribution in [0.2, 0.25) is 5.02 Å². The second-order valence-corrected chi connectivity index (χ2v) is 5.49. The third-order valence-electron chi connectivity index (χ3n) is 3.11. The fourth-order valence-corrected chi connectivity index (χ4v) is 2.19. The highest BCUT2D eigenvalue weighted by molar-refractivity contribution is 6.30. The molecule has 10 heteroatoms. The van der Waals surface area contributed by atoms with Gasteiger partial charge in [0.25, 0.3) is 0 Å². The summed E-state index contributed by atoms with van der Waals surface area (Å²) in [7, 11) is 0. The SMILES string of the molecule is CC(=O)OOCc1nc(-c2ccc(Cl)cn2)n(-c2ccc(F)cc2F)n1. The van der Waals surface area contributed by atoms with Crippen molar-refractivity contribution in [2.75, 3.05) is 0 Å². The van der Waals surface area contributed by atoms with Crippen LogP contribution in [0, 0.1) is 11.6 Å².